The third-order valence-corrected chi connectivity index (χ3v) is 2.24. The minimum absolute atomic E-state index is 0.408. The molecule has 0 saturated carbocycles. The van der Waals surface area contributed by atoms with E-state index in [9.17, 15) is 0 Å². The monoisotopic (exact) mass is 233 g/mol. The van der Waals surface area contributed by atoms with Gasteiger partial charge in [-0.25, -0.2) is 10.8 Å². The fraction of sp³-hybridized carbons (Fsp3) is 0.273. The average Bonchev–Trinajstić information content (AvgIpc) is 2.81. The Morgan fingerprint density at radius 1 is 1.41 bits per heavy atom. The highest BCUT2D eigenvalue weighted by Gasteiger charge is 2.01. The van der Waals surface area contributed by atoms with E-state index < -0.39 is 0 Å². The maximum atomic E-state index is 5.28. The van der Waals surface area contributed by atoms with Gasteiger partial charge in [0.05, 0.1) is 6.26 Å². The van der Waals surface area contributed by atoms with Crippen molar-refractivity contribution in [2.24, 2.45) is 5.84 Å². The van der Waals surface area contributed by atoms with Crippen molar-refractivity contribution in [2.45, 2.75) is 13.3 Å². The van der Waals surface area contributed by atoms with Crippen LogP contribution in [-0.2, 0) is 6.42 Å². The van der Waals surface area contributed by atoms with Crippen molar-refractivity contribution in [1.82, 2.24) is 9.97 Å². The molecule has 2 rings (SSSR count). The van der Waals surface area contributed by atoms with Gasteiger partial charge in [0, 0.05) is 24.7 Å². The Hall–Kier alpha value is -2.08. The standard InChI is InChI=1S/C11H15N5O/c1-8-7-10(15-11(14-8)16-12)13-5-4-9-3-2-6-17-9/h2-3,6-7H,4-5,12H2,1H3,(H2,13,14,15,16). The lowest BCUT2D eigenvalue weighted by molar-refractivity contribution is 0.513. The molecular weight excluding hydrogens is 218 g/mol. The summed E-state index contributed by atoms with van der Waals surface area (Å²) in [6.45, 7) is 2.63. The van der Waals surface area contributed by atoms with Crippen LogP contribution in [0, 0.1) is 6.92 Å². The molecule has 6 nitrogen and oxygen atoms in total. The van der Waals surface area contributed by atoms with Crippen LogP contribution in [0.3, 0.4) is 0 Å². The normalized spacial score (nSPS) is 10.2. The first-order chi connectivity index (χ1) is 8.28. The number of aryl methyl sites for hydroxylation is 1. The molecule has 4 N–H and O–H groups in total. The largest absolute Gasteiger partial charge is 0.469 e. The number of furan rings is 1. The maximum absolute atomic E-state index is 5.28. The Balaban J connectivity index is 1.92. The van der Waals surface area contributed by atoms with E-state index in [0.717, 1.165) is 30.2 Å². The van der Waals surface area contributed by atoms with E-state index in [1.54, 1.807) is 6.26 Å². The second-order valence-electron chi connectivity index (χ2n) is 3.62. The SMILES string of the molecule is Cc1cc(NCCc2ccco2)nc(NN)n1. The predicted molar refractivity (Wildman–Crippen MR) is 65.5 cm³/mol. The fourth-order valence-electron chi connectivity index (χ4n) is 1.49. The number of aromatic nitrogens is 2. The number of nitrogens with one attached hydrogen (secondary N) is 2. The van der Waals surface area contributed by atoms with E-state index >= 15 is 0 Å². The topological polar surface area (TPSA) is 89.0 Å². The summed E-state index contributed by atoms with van der Waals surface area (Å²) in [7, 11) is 0. The Labute approximate surface area is 99.2 Å². The summed E-state index contributed by atoms with van der Waals surface area (Å²) in [5.74, 6) is 7.38. The van der Waals surface area contributed by atoms with Crippen molar-refractivity contribution in [3.8, 4) is 0 Å². The molecule has 0 aliphatic rings. The first-order valence-corrected chi connectivity index (χ1v) is 5.36. The van der Waals surface area contributed by atoms with Crippen molar-refractivity contribution >= 4 is 11.8 Å². The molecule has 0 spiro atoms. The molecule has 0 radical (unpaired) electrons. The summed E-state index contributed by atoms with van der Waals surface area (Å²) < 4.78 is 5.23. The molecule has 2 aromatic rings. The van der Waals surface area contributed by atoms with Gasteiger partial charge in [0.1, 0.15) is 11.6 Å². The smallest absolute Gasteiger partial charge is 0.239 e. The highest BCUT2D eigenvalue weighted by atomic mass is 16.3. The van der Waals surface area contributed by atoms with Gasteiger partial charge in [-0.05, 0) is 19.1 Å². The van der Waals surface area contributed by atoms with Gasteiger partial charge < -0.3 is 9.73 Å². The Morgan fingerprint density at radius 2 is 2.29 bits per heavy atom. The van der Waals surface area contributed by atoms with E-state index in [1.807, 2.05) is 25.1 Å². The van der Waals surface area contributed by atoms with Gasteiger partial charge in [0.15, 0.2) is 0 Å². The number of hydrogen-bond acceptors (Lipinski definition) is 6. The summed E-state index contributed by atoms with van der Waals surface area (Å²) in [4.78, 5) is 8.29. The lowest BCUT2D eigenvalue weighted by Gasteiger charge is -2.07. The fourth-order valence-corrected chi connectivity index (χ4v) is 1.49. The van der Waals surface area contributed by atoms with Crippen LogP contribution in [-0.4, -0.2) is 16.5 Å². The minimum atomic E-state index is 0.408. The second-order valence-corrected chi connectivity index (χ2v) is 3.62. The number of hydrogen-bond donors (Lipinski definition) is 3. The highest BCUT2D eigenvalue weighted by molar-refractivity contribution is 5.41. The van der Waals surface area contributed by atoms with Crippen LogP contribution in [0.5, 0.6) is 0 Å². The number of anilines is 2. The molecule has 0 fully saturated rings. The van der Waals surface area contributed by atoms with Crippen molar-refractivity contribution < 1.29 is 4.42 Å². The molecule has 17 heavy (non-hydrogen) atoms. The van der Waals surface area contributed by atoms with Gasteiger partial charge in [0.25, 0.3) is 0 Å². The molecule has 0 aliphatic heterocycles. The lowest BCUT2D eigenvalue weighted by atomic mass is 10.3. The van der Waals surface area contributed by atoms with Gasteiger partial charge in [-0.2, -0.15) is 4.98 Å². The zero-order chi connectivity index (χ0) is 12.1. The zero-order valence-electron chi connectivity index (χ0n) is 9.60. The predicted octanol–water partition coefficient (Wildman–Crippen LogP) is 1.32. The van der Waals surface area contributed by atoms with Crippen molar-refractivity contribution in [2.75, 3.05) is 17.3 Å². The number of rotatable bonds is 5. The van der Waals surface area contributed by atoms with Gasteiger partial charge in [-0.1, -0.05) is 0 Å². The summed E-state index contributed by atoms with van der Waals surface area (Å²) in [5.41, 5.74) is 3.29. The molecule has 2 aromatic heterocycles. The maximum Gasteiger partial charge on any atom is 0.239 e. The summed E-state index contributed by atoms with van der Waals surface area (Å²) in [6, 6.07) is 5.68. The van der Waals surface area contributed by atoms with Crippen molar-refractivity contribution in [1.29, 1.82) is 0 Å². The number of nitrogens with two attached hydrogens (primary N) is 1. The quantitative estimate of drug-likeness (QED) is 0.533. The molecule has 0 atom stereocenters. The summed E-state index contributed by atoms with van der Waals surface area (Å²) in [6.07, 6.45) is 2.47. The molecule has 90 valence electrons. The molecule has 0 aromatic carbocycles. The zero-order valence-corrected chi connectivity index (χ0v) is 9.60. The minimum Gasteiger partial charge on any atom is -0.469 e. The first-order valence-electron chi connectivity index (χ1n) is 5.36. The number of nitrogen functional groups attached to an aromatic ring is 1. The van der Waals surface area contributed by atoms with Gasteiger partial charge in [-0.15, -0.1) is 0 Å². The van der Waals surface area contributed by atoms with Crippen molar-refractivity contribution in [3.63, 3.8) is 0 Å². The first kappa shape index (κ1) is 11.4. The van der Waals surface area contributed by atoms with Crippen LogP contribution in [0.15, 0.2) is 28.9 Å². The number of hydrazine groups is 1. The Bertz CT molecular complexity index is 469. The molecule has 0 unspecified atom stereocenters. The highest BCUT2D eigenvalue weighted by Crippen LogP contribution is 2.09. The van der Waals surface area contributed by atoms with Crippen LogP contribution >= 0.6 is 0 Å². The van der Waals surface area contributed by atoms with Crippen LogP contribution in [0.4, 0.5) is 11.8 Å². The Kier molecular flexibility index (Phi) is 3.56. The molecule has 0 aliphatic carbocycles. The van der Waals surface area contributed by atoms with Crippen LogP contribution < -0.4 is 16.6 Å². The average molecular weight is 233 g/mol. The number of nitrogens with zero attached hydrogens (tertiary/aromatic N) is 2. The molecule has 6 heteroatoms. The van der Waals surface area contributed by atoms with Crippen LogP contribution in [0.2, 0.25) is 0 Å². The molecule has 0 amide bonds. The van der Waals surface area contributed by atoms with Crippen molar-refractivity contribution in [3.05, 3.63) is 35.9 Å². The summed E-state index contributed by atoms with van der Waals surface area (Å²) in [5, 5.41) is 3.19. The third-order valence-electron chi connectivity index (χ3n) is 2.24. The lowest BCUT2D eigenvalue weighted by Crippen LogP contribution is -2.13. The molecule has 0 saturated heterocycles. The molecule has 0 bridgehead atoms. The van der Waals surface area contributed by atoms with Gasteiger partial charge in [-0.3, -0.25) is 5.43 Å². The van der Waals surface area contributed by atoms with Gasteiger partial charge in [0.2, 0.25) is 5.95 Å². The summed E-state index contributed by atoms with van der Waals surface area (Å²) >= 11 is 0. The van der Waals surface area contributed by atoms with Crippen LogP contribution in [0.25, 0.3) is 0 Å². The van der Waals surface area contributed by atoms with E-state index in [4.69, 9.17) is 10.3 Å². The second kappa shape index (κ2) is 5.31. The Morgan fingerprint density at radius 3 is 3.00 bits per heavy atom. The van der Waals surface area contributed by atoms with E-state index in [-0.39, 0.29) is 0 Å². The third kappa shape index (κ3) is 3.18. The molecule has 2 heterocycles. The van der Waals surface area contributed by atoms with Gasteiger partial charge >= 0.3 is 0 Å². The van der Waals surface area contributed by atoms with E-state index in [2.05, 4.69) is 20.7 Å². The van der Waals surface area contributed by atoms with Crippen LogP contribution in [0.1, 0.15) is 11.5 Å². The van der Waals surface area contributed by atoms with E-state index in [0.29, 0.717) is 5.95 Å². The van der Waals surface area contributed by atoms with E-state index in [1.165, 1.54) is 0 Å². The molecular formula is C11H15N5O.